The van der Waals surface area contributed by atoms with Gasteiger partial charge < -0.3 is 37.8 Å². The third-order valence-corrected chi connectivity index (χ3v) is 3.71. The molecule has 9 N–H and O–H groups in total. The van der Waals surface area contributed by atoms with Crippen molar-refractivity contribution in [3.8, 4) is 0 Å². The maximum Gasteiger partial charge on any atom is 0.325 e. The second-order valence-electron chi connectivity index (χ2n) is 6.18. The lowest BCUT2D eigenvalue weighted by atomic mass is 10.1. The standard InChI is InChI=1S/C16H30N6O6/c1-9(14(25)21-10(2)16(27)28)20-15(26)11(5-3-4-6-17)22-13(24)8-19-12(23)7-18/h9-11H,3-8,17-18H2,1-2H3,(H,19,23)(H,20,26)(H,21,25)(H,22,24)(H,27,28)/t9-,10-,11-/m0/s1. The topological polar surface area (TPSA) is 206 Å². The largest absolute Gasteiger partial charge is 0.480 e. The predicted octanol–water partition coefficient (Wildman–Crippen LogP) is -3.23. The van der Waals surface area contributed by atoms with Crippen molar-refractivity contribution in [1.82, 2.24) is 21.3 Å². The zero-order valence-electron chi connectivity index (χ0n) is 16.1. The SMILES string of the molecule is C[C@H](NC(=O)[C@H](C)NC(=O)[C@H](CCCCN)NC(=O)CNC(=O)CN)C(=O)O. The molecule has 0 rings (SSSR count). The molecule has 12 nitrogen and oxygen atoms in total. The zero-order chi connectivity index (χ0) is 21.7. The quantitative estimate of drug-likeness (QED) is 0.155. The lowest BCUT2D eigenvalue weighted by Gasteiger charge is -2.22. The molecule has 0 saturated carbocycles. The Bertz CT molecular complexity index is 570. The van der Waals surface area contributed by atoms with Crippen molar-refractivity contribution in [2.24, 2.45) is 11.5 Å². The number of carbonyl (C=O) groups is 5. The van der Waals surface area contributed by atoms with E-state index in [0.29, 0.717) is 19.4 Å². The summed E-state index contributed by atoms with van der Waals surface area (Å²) in [6.45, 7) is 2.49. The van der Waals surface area contributed by atoms with Gasteiger partial charge in [-0.1, -0.05) is 0 Å². The third-order valence-electron chi connectivity index (χ3n) is 3.71. The Morgan fingerprint density at radius 3 is 2.00 bits per heavy atom. The van der Waals surface area contributed by atoms with Crippen LogP contribution in [0.5, 0.6) is 0 Å². The second-order valence-corrected chi connectivity index (χ2v) is 6.18. The minimum Gasteiger partial charge on any atom is -0.480 e. The minimum atomic E-state index is -1.21. The van der Waals surface area contributed by atoms with Crippen LogP contribution in [0.1, 0.15) is 33.1 Å². The molecule has 0 radical (unpaired) electrons. The van der Waals surface area contributed by atoms with Gasteiger partial charge in [-0.05, 0) is 39.7 Å². The number of amides is 4. The highest BCUT2D eigenvalue weighted by atomic mass is 16.4. The second kappa shape index (κ2) is 13.4. The Balaban J connectivity index is 4.81. The van der Waals surface area contributed by atoms with Crippen molar-refractivity contribution in [3.05, 3.63) is 0 Å². The highest BCUT2D eigenvalue weighted by Crippen LogP contribution is 2.02. The minimum absolute atomic E-state index is 0.269. The van der Waals surface area contributed by atoms with E-state index in [2.05, 4.69) is 21.3 Å². The van der Waals surface area contributed by atoms with Gasteiger partial charge in [0.15, 0.2) is 0 Å². The Morgan fingerprint density at radius 1 is 0.857 bits per heavy atom. The molecule has 0 unspecified atom stereocenters. The first kappa shape index (κ1) is 25.3. The summed E-state index contributed by atoms with van der Waals surface area (Å²) in [6, 6.07) is -3.07. The Morgan fingerprint density at radius 2 is 1.46 bits per heavy atom. The van der Waals surface area contributed by atoms with Crippen LogP contribution in [0.2, 0.25) is 0 Å². The summed E-state index contributed by atoms with van der Waals surface area (Å²) in [6.07, 6.45) is 1.47. The molecule has 0 aromatic heterocycles. The molecule has 0 fully saturated rings. The Hall–Kier alpha value is -2.73. The number of rotatable bonds is 13. The summed E-state index contributed by atoms with van der Waals surface area (Å²) in [5.41, 5.74) is 10.6. The van der Waals surface area contributed by atoms with E-state index in [1.165, 1.54) is 13.8 Å². The first-order valence-corrected chi connectivity index (χ1v) is 8.92. The summed E-state index contributed by atoms with van der Waals surface area (Å²) in [7, 11) is 0. The number of hydrogen-bond donors (Lipinski definition) is 7. The molecule has 28 heavy (non-hydrogen) atoms. The monoisotopic (exact) mass is 402 g/mol. The van der Waals surface area contributed by atoms with Crippen molar-refractivity contribution >= 4 is 29.6 Å². The van der Waals surface area contributed by atoms with Gasteiger partial charge in [-0.15, -0.1) is 0 Å². The van der Waals surface area contributed by atoms with E-state index in [0.717, 1.165) is 0 Å². The fourth-order valence-electron chi connectivity index (χ4n) is 2.04. The lowest BCUT2D eigenvalue weighted by molar-refractivity contribution is -0.141. The molecule has 0 aromatic carbocycles. The van der Waals surface area contributed by atoms with Crippen LogP contribution in [0.4, 0.5) is 0 Å². The summed E-state index contributed by atoms with van der Waals surface area (Å²) in [4.78, 5) is 58.2. The molecule has 0 saturated heterocycles. The molecular weight excluding hydrogens is 372 g/mol. The number of hydrogen-bond acceptors (Lipinski definition) is 7. The van der Waals surface area contributed by atoms with Gasteiger partial charge in [-0.25, -0.2) is 0 Å². The van der Waals surface area contributed by atoms with E-state index >= 15 is 0 Å². The number of nitrogens with one attached hydrogen (secondary N) is 4. The first-order chi connectivity index (χ1) is 13.1. The molecule has 4 amide bonds. The van der Waals surface area contributed by atoms with Crippen LogP contribution in [0.15, 0.2) is 0 Å². The fraction of sp³-hybridized carbons (Fsp3) is 0.688. The summed E-state index contributed by atoms with van der Waals surface area (Å²) in [5.74, 6) is -3.60. The number of carboxylic acids is 1. The maximum atomic E-state index is 12.4. The molecular formula is C16H30N6O6. The van der Waals surface area contributed by atoms with E-state index in [4.69, 9.17) is 16.6 Å². The van der Waals surface area contributed by atoms with Crippen molar-refractivity contribution in [3.63, 3.8) is 0 Å². The molecule has 0 aliphatic carbocycles. The highest BCUT2D eigenvalue weighted by molar-refractivity contribution is 5.93. The van der Waals surface area contributed by atoms with E-state index in [9.17, 15) is 24.0 Å². The number of nitrogens with two attached hydrogens (primary N) is 2. The fourth-order valence-corrected chi connectivity index (χ4v) is 2.04. The number of unbranched alkanes of at least 4 members (excludes halogenated alkanes) is 1. The van der Waals surface area contributed by atoms with Gasteiger partial charge in [-0.2, -0.15) is 0 Å². The third kappa shape index (κ3) is 10.4. The van der Waals surface area contributed by atoms with Crippen LogP contribution >= 0.6 is 0 Å². The molecule has 3 atom stereocenters. The zero-order valence-corrected chi connectivity index (χ0v) is 16.1. The Kier molecular flexibility index (Phi) is 12.1. The average molecular weight is 402 g/mol. The summed E-state index contributed by atoms with van der Waals surface area (Å²) >= 11 is 0. The maximum absolute atomic E-state index is 12.4. The van der Waals surface area contributed by atoms with Gasteiger partial charge in [0.25, 0.3) is 0 Å². The first-order valence-electron chi connectivity index (χ1n) is 8.92. The van der Waals surface area contributed by atoms with Crippen molar-refractivity contribution < 1.29 is 29.1 Å². The number of aliphatic carboxylic acids is 1. The van der Waals surface area contributed by atoms with Gasteiger partial charge in [0.1, 0.15) is 18.1 Å². The number of carbonyl (C=O) groups excluding carboxylic acids is 4. The average Bonchev–Trinajstić information content (AvgIpc) is 2.64. The van der Waals surface area contributed by atoms with Crippen molar-refractivity contribution in [2.75, 3.05) is 19.6 Å². The van der Waals surface area contributed by atoms with E-state index < -0.39 is 47.7 Å². The summed E-state index contributed by atoms with van der Waals surface area (Å²) < 4.78 is 0. The van der Waals surface area contributed by atoms with Crippen LogP contribution in [0, 0.1) is 0 Å². The molecule has 0 spiro atoms. The molecule has 12 heteroatoms. The van der Waals surface area contributed by atoms with E-state index in [-0.39, 0.29) is 19.5 Å². The van der Waals surface area contributed by atoms with Gasteiger partial charge in [0.2, 0.25) is 23.6 Å². The molecule has 0 aliphatic rings. The smallest absolute Gasteiger partial charge is 0.325 e. The lowest BCUT2D eigenvalue weighted by Crippen LogP contribution is -2.55. The molecule has 160 valence electrons. The predicted molar refractivity (Wildman–Crippen MR) is 99.7 cm³/mol. The molecule has 0 bridgehead atoms. The van der Waals surface area contributed by atoms with Crippen LogP contribution in [0.25, 0.3) is 0 Å². The van der Waals surface area contributed by atoms with Gasteiger partial charge in [0.05, 0.1) is 13.1 Å². The van der Waals surface area contributed by atoms with Crippen molar-refractivity contribution in [1.29, 1.82) is 0 Å². The van der Waals surface area contributed by atoms with E-state index in [1.54, 1.807) is 0 Å². The van der Waals surface area contributed by atoms with Crippen molar-refractivity contribution in [2.45, 2.75) is 51.2 Å². The van der Waals surface area contributed by atoms with Gasteiger partial charge in [0, 0.05) is 0 Å². The Labute approximate surface area is 163 Å². The molecule has 0 aliphatic heterocycles. The van der Waals surface area contributed by atoms with Crippen LogP contribution in [-0.4, -0.2) is 72.5 Å². The summed E-state index contributed by atoms with van der Waals surface area (Å²) in [5, 5.41) is 18.3. The normalized spacial score (nSPS) is 13.6. The number of carboxylic acid groups (broad SMARTS) is 1. The van der Waals surface area contributed by atoms with Gasteiger partial charge in [-0.3, -0.25) is 24.0 Å². The van der Waals surface area contributed by atoms with Crippen LogP contribution < -0.4 is 32.7 Å². The van der Waals surface area contributed by atoms with Gasteiger partial charge >= 0.3 is 5.97 Å². The van der Waals surface area contributed by atoms with E-state index in [1.807, 2.05) is 0 Å². The molecule has 0 aromatic rings. The van der Waals surface area contributed by atoms with Crippen LogP contribution in [-0.2, 0) is 24.0 Å². The molecule has 0 heterocycles. The highest BCUT2D eigenvalue weighted by Gasteiger charge is 2.25. The van der Waals surface area contributed by atoms with Crippen LogP contribution in [0.3, 0.4) is 0 Å².